The van der Waals surface area contributed by atoms with Gasteiger partial charge in [-0.15, -0.1) is 0 Å². The van der Waals surface area contributed by atoms with Gasteiger partial charge in [0.25, 0.3) is 0 Å². The number of hydrogen-bond acceptors (Lipinski definition) is 5. The van der Waals surface area contributed by atoms with Crippen LogP contribution in [0.5, 0.6) is 5.75 Å². The van der Waals surface area contributed by atoms with E-state index in [1.807, 2.05) is 0 Å². The van der Waals surface area contributed by atoms with Gasteiger partial charge in [-0.05, 0) is 31.7 Å². The molecule has 0 radical (unpaired) electrons. The average molecular weight is 301 g/mol. The van der Waals surface area contributed by atoms with Crippen LogP contribution < -0.4 is 10.1 Å². The summed E-state index contributed by atoms with van der Waals surface area (Å²) < 4.78 is 48.9. The average Bonchev–Trinajstić information content (AvgIpc) is 2.82. The fraction of sp³-hybridized carbons (Fsp3) is 0.385. The van der Waals surface area contributed by atoms with Crippen molar-refractivity contribution in [2.45, 2.75) is 26.3 Å². The van der Waals surface area contributed by atoms with Crippen molar-refractivity contribution in [2.24, 2.45) is 0 Å². The molecule has 1 N–H and O–H groups in total. The number of benzene rings is 1. The Morgan fingerprint density at radius 1 is 1.29 bits per heavy atom. The molecule has 21 heavy (non-hydrogen) atoms. The summed E-state index contributed by atoms with van der Waals surface area (Å²) in [6.45, 7) is 1.84. The van der Waals surface area contributed by atoms with Gasteiger partial charge < -0.3 is 10.1 Å². The first-order chi connectivity index (χ1) is 9.91. The summed E-state index contributed by atoms with van der Waals surface area (Å²) in [5, 5.41) is 9.91. The Morgan fingerprint density at radius 2 is 2.05 bits per heavy atom. The number of ether oxygens (including phenoxy) is 1. The van der Waals surface area contributed by atoms with E-state index < -0.39 is 11.7 Å². The van der Waals surface area contributed by atoms with E-state index in [0.29, 0.717) is 23.5 Å². The molecule has 0 unspecified atom stereocenters. The van der Waals surface area contributed by atoms with E-state index in [4.69, 9.17) is 4.74 Å². The molecule has 5 nitrogen and oxygen atoms in total. The highest BCUT2D eigenvalue weighted by molar-refractivity contribution is 5.39. The van der Waals surface area contributed by atoms with Gasteiger partial charge in [-0.1, -0.05) is 16.4 Å². The quantitative estimate of drug-likeness (QED) is 0.920. The van der Waals surface area contributed by atoms with Gasteiger partial charge in [0.1, 0.15) is 23.7 Å². The summed E-state index contributed by atoms with van der Waals surface area (Å²) in [5.74, 6) is -0.246. The molecule has 0 aliphatic heterocycles. The van der Waals surface area contributed by atoms with Gasteiger partial charge in [0.15, 0.2) is 0 Å². The highest BCUT2D eigenvalue weighted by Gasteiger charge is 2.34. The Kier molecular flexibility index (Phi) is 4.46. The van der Waals surface area contributed by atoms with E-state index in [2.05, 4.69) is 20.3 Å². The van der Waals surface area contributed by atoms with E-state index in [0.717, 1.165) is 6.07 Å². The first-order valence-electron chi connectivity index (χ1n) is 6.17. The van der Waals surface area contributed by atoms with Crippen LogP contribution in [0.3, 0.4) is 0 Å². The number of aryl methyl sites for hydroxylation is 1. The third kappa shape index (κ3) is 3.72. The van der Waals surface area contributed by atoms with Crippen molar-refractivity contribution in [1.29, 1.82) is 0 Å². The topological polar surface area (TPSA) is 60.2 Å². The minimum Gasteiger partial charge on any atom is -0.486 e. The first kappa shape index (κ1) is 15.3. The summed E-state index contributed by atoms with van der Waals surface area (Å²) in [5.41, 5.74) is 0.554. The van der Waals surface area contributed by atoms with E-state index in [1.54, 1.807) is 20.0 Å². The third-order valence-corrected chi connectivity index (χ3v) is 2.84. The SMILES string of the molecule is CNCc1ccc(OCc2nonc2C)c(C(F)(F)F)c1. The highest BCUT2D eigenvalue weighted by Crippen LogP contribution is 2.37. The maximum Gasteiger partial charge on any atom is 0.419 e. The molecule has 1 aromatic carbocycles. The molecule has 0 bridgehead atoms. The number of rotatable bonds is 5. The van der Waals surface area contributed by atoms with E-state index in [-0.39, 0.29) is 12.4 Å². The van der Waals surface area contributed by atoms with Crippen molar-refractivity contribution in [2.75, 3.05) is 7.05 Å². The normalized spacial score (nSPS) is 11.7. The summed E-state index contributed by atoms with van der Waals surface area (Å²) in [6, 6.07) is 3.95. The molecule has 114 valence electrons. The molecule has 0 fully saturated rings. The molecule has 0 saturated carbocycles. The maximum atomic E-state index is 13.1. The lowest BCUT2D eigenvalue weighted by Crippen LogP contribution is -2.12. The monoisotopic (exact) mass is 301 g/mol. The fourth-order valence-electron chi connectivity index (χ4n) is 1.77. The van der Waals surface area contributed by atoms with Gasteiger partial charge in [-0.3, -0.25) is 0 Å². The molecule has 0 aliphatic carbocycles. The Labute approximate surface area is 119 Å². The van der Waals surface area contributed by atoms with Crippen LogP contribution in [0.2, 0.25) is 0 Å². The number of alkyl halides is 3. The molecule has 0 aliphatic rings. The zero-order valence-corrected chi connectivity index (χ0v) is 11.5. The van der Waals surface area contributed by atoms with E-state index >= 15 is 0 Å². The van der Waals surface area contributed by atoms with Gasteiger partial charge >= 0.3 is 6.18 Å². The largest absolute Gasteiger partial charge is 0.486 e. The standard InChI is InChI=1S/C13H14F3N3O2/c1-8-11(19-21-18-8)7-20-12-4-3-9(6-17-2)5-10(12)13(14,15)16/h3-5,17H,6-7H2,1-2H3. The van der Waals surface area contributed by atoms with Crippen LogP contribution in [0.15, 0.2) is 22.8 Å². The molecule has 8 heteroatoms. The predicted octanol–water partition coefficient (Wildman–Crippen LogP) is 2.70. The third-order valence-electron chi connectivity index (χ3n) is 2.84. The zero-order chi connectivity index (χ0) is 15.5. The van der Waals surface area contributed by atoms with Crippen molar-refractivity contribution in [3.05, 3.63) is 40.7 Å². The molecular weight excluding hydrogens is 287 g/mol. The van der Waals surface area contributed by atoms with Crippen LogP contribution in [0.1, 0.15) is 22.5 Å². The Hall–Kier alpha value is -2.09. The summed E-state index contributed by atoms with van der Waals surface area (Å²) in [4.78, 5) is 0. The predicted molar refractivity (Wildman–Crippen MR) is 67.6 cm³/mol. The molecule has 2 aromatic rings. The van der Waals surface area contributed by atoms with E-state index in [1.165, 1.54) is 6.07 Å². The Morgan fingerprint density at radius 3 is 2.62 bits per heavy atom. The Bertz CT molecular complexity index is 611. The molecule has 0 spiro atoms. The van der Waals surface area contributed by atoms with Gasteiger partial charge in [-0.2, -0.15) is 13.2 Å². The number of nitrogens with zero attached hydrogens (tertiary/aromatic N) is 2. The second-order valence-electron chi connectivity index (χ2n) is 4.44. The highest BCUT2D eigenvalue weighted by atomic mass is 19.4. The van der Waals surface area contributed by atoms with Gasteiger partial charge in [0.2, 0.25) is 0 Å². The van der Waals surface area contributed by atoms with Gasteiger partial charge in [0, 0.05) is 6.54 Å². The molecule has 1 heterocycles. The van der Waals surface area contributed by atoms with Crippen LogP contribution >= 0.6 is 0 Å². The molecular formula is C13H14F3N3O2. The van der Waals surface area contributed by atoms with Crippen molar-refractivity contribution >= 4 is 0 Å². The molecule has 1 aromatic heterocycles. The number of aromatic nitrogens is 2. The van der Waals surface area contributed by atoms with Crippen LogP contribution in [-0.4, -0.2) is 17.4 Å². The zero-order valence-electron chi connectivity index (χ0n) is 11.5. The molecule has 2 rings (SSSR count). The molecule has 0 amide bonds. The van der Waals surface area contributed by atoms with Crippen LogP contribution in [0.4, 0.5) is 13.2 Å². The minimum absolute atomic E-state index is 0.135. The number of hydrogen-bond donors (Lipinski definition) is 1. The van der Waals surface area contributed by atoms with E-state index in [9.17, 15) is 13.2 Å². The molecule has 0 saturated heterocycles. The summed E-state index contributed by atoms with van der Waals surface area (Å²) in [6.07, 6.45) is -4.49. The smallest absolute Gasteiger partial charge is 0.419 e. The summed E-state index contributed by atoms with van der Waals surface area (Å²) in [7, 11) is 1.66. The lowest BCUT2D eigenvalue weighted by Gasteiger charge is -2.15. The van der Waals surface area contributed by atoms with Crippen molar-refractivity contribution < 1.29 is 22.5 Å². The first-order valence-corrected chi connectivity index (χ1v) is 6.17. The minimum atomic E-state index is -4.49. The lowest BCUT2D eigenvalue weighted by molar-refractivity contribution is -0.139. The summed E-state index contributed by atoms with van der Waals surface area (Å²) >= 11 is 0. The van der Waals surface area contributed by atoms with Gasteiger partial charge in [0.05, 0.1) is 5.56 Å². The van der Waals surface area contributed by atoms with Crippen molar-refractivity contribution in [3.63, 3.8) is 0 Å². The van der Waals surface area contributed by atoms with Crippen LogP contribution in [0, 0.1) is 6.92 Å². The van der Waals surface area contributed by atoms with Crippen LogP contribution in [-0.2, 0) is 19.3 Å². The van der Waals surface area contributed by atoms with Crippen molar-refractivity contribution in [3.8, 4) is 5.75 Å². The molecule has 0 atom stereocenters. The Balaban J connectivity index is 2.23. The second kappa shape index (κ2) is 6.13. The van der Waals surface area contributed by atoms with Crippen molar-refractivity contribution in [1.82, 2.24) is 15.6 Å². The lowest BCUT2D eigenvalue weighted by atomic mass is 10.1. The fourth-order valence-corrected chi connectivity index (χ4v) is 1.77. The number of nitrogens with one attached hydrogen (secondary N) is 1. The maximum absolute atomic E-state index is 13.1. The van der Waals surface area contributed by atoms with Crippen LogP contribution in [0.25, 0.3) is 0 Å². The second-order valence-corrected chi connectivity index (χ2v) is 4.44. The number of halogens is 3. The van der Waals surface area contributed by atoms with Gasteiger partial charge in [-0.25, -0.2) is 4.63 Å².